The molecule has 7 nitrogen and oxygen atoms in total. The Kier molecular flexibility index (Phi) is 6.79. The van der Waals surface area contributed by atoms with Gasteiger partial charge in [0.2, 0.25) is 5.95 Å². The van der Waals surface area contributed by atoms with Gasteiger partial charge in [-0.1, -0.05) is 36.0 Å². The number of ether oxygens (including phenoxy) is 3. The van der Waals surface area contributed by atoms with Gasteiger partial charge in [0.25, 0.3) is 0 Å². The number of fused-ring (bicyclic) bond motifs is 1. The minimum Gasteiger partial charge on any atom is -0.496 e. The summed E-state index contributed by atoms with van der Waals surface area (Å²) in [4.78, 5) is 9.19. The van der Waals surface area contributed by atoms with Gasteiger partial charge in [-0.25, -0.2) is 9.97 Å². The summed E-state index contributed by atoms with van der Waals surface area (Å²) in [7, 11) is 4.67. The number of anilines is 1. The monoisotopic (exact) mass is 476 g/mol. The van der Waals surface area contributed by atoms with Gasteiger partial charge in [-0.15, -0.1) is 0 Å². The minimum atomic E-state index is 0.104. The average Bonchev–Trinajstić information content (AvgIpc) is 2.80. The SMILES string of the molecule is COc1cc2nc(NC3CCCCC3N)ncc2cc1-c1c(Cl)c(OC)cc(OC)c1Cl. The Morgan fingerprint density at radius 2 is 1.59 bits per heavy atom. The lowest BCUT2D eigenvalue weighted by molar-refractivity contribution is 0.394. The smallest absolute Gasteiger partial charge is 0.223 e. The number of nitrogens with zero attached hydrogens (tertiary/aromatic N) is 2. The number of nitrogens with two attached hydrogens (primary N) is 1. The van der Waals surface area contributed by atoms with Gasteiger partial charge in [0.15, 0.2) is 0 Å². The van der Waals surface area contributed by atoms with Gasteiger partial charge in [0.1, 0.15) is 17.2 Å². The van der Waals surface area contributed by atoms with Crippen molar-refractivity contribution in [2.75, 3.05) is 26.6 Å². The molecule has 0 spiro atoms. The number of hydrogen-bond acceptors (Lipinski definition) is 7. The van der Waals surface area contributed by atoms with Crippen molar-refractivity contribution >= 4 is 40.1 Å². The Balaban J connectivity index is 1.79. The van der Waals surface area contributed by atoms with Crippen LogP contribution in [0.3, 0.4) is 0 Å². The Hall–Kier alpha value is -2.48. The molecule has 4 rings (SSSR count). The molecular weight excluding hydrogens is 451 g/mol. The summed E-state index contributed by atoms with van der Waals surface area (Å²) in [6.45, 7) is 0. The molecule has 0 bridgehead atoms. The predicted octanol–water partition coefficient (Wildman–Crippen LogP) is 5.31. The number of benzene rings is 2. The third-order valence-corrected chi connectivity index (χ3v) is 6.63. The summed E-state index contributed by atoms with van der Waals surface area (Å²) in [6.07, 6.45) is 6.11. The molecule has 3 N–H and O–H groups in total. The molecule has 0 saturated heterocycles. The van der Waals surface area contributed by atoms with E-state index in [2.05, 4.69) is 15.3 Å². The highest BCUT2D eigenvalue weighted by molar-refractivity contribution is 6.41. The van der Waals surface area contributed by atoms with E-state index in [1.807, 2.05) is 12.1 Å². The predicted molar refractivity (Wildman–Crippen MR) is 129 cm³/mol. The third-order valence-electron chi connectivity index (χ3n) is 5.88. The van der Waals surface area contributed by atoms with E-state index in [9.17, 15) is 0 Å². The van der Waals surface area contributed by atoms with Gasteiger partial charge in [0.05, 0.1) is 36.9 Å². The summed E-state index contributed by atoms with van der Waals surface area (Å²) < 4.78 is 16.5. The Bertz CT molecular complexity index is 1110. The van der Waals surface area contributed by atoms with E-state index in [1.54, 1.807) is 19.4 Å². The molecule has 0 radical (unpaired) electrons. The minimum absolute atomic E-state index is 0.104. The van der Waals surface area contributed by atoms with Crippen LogP contribution >= 0.6 is 23.2 Å². The molecule has 1 aliphatic carbocycles. The topological polar surface area (TPSA) is 91.5 Å². The summed E-state index contributed by atoms with van der Waals surface area (Å²) in [6, 6.07) is 5.67. The maximum Gasteiger partial charge on any atom is 0.223 e. The molecule has 2 unspecified atom stereocenters. The molecule has 1 aromatic heterocycles. The third kappa shape index (κ3) is 4.25. The number of nitrogens with one attached hydrogen (secondary N) is 1. The van der Waals surface area contributed by atoms with Crippen LogP contribution in [0.25, 0.3) is 22.0 Å². The van der Waals surface area contributed by atoms with Crippen molar-refractivity contribution in [3.63, 3.8) is 0 Å². The zero-order chi connectivity index (χ0) is 22.8. The van der Waals surface area contributed by atoms with Crippen LogP contribution in [0, 0.1) is 0 Å². The first-order chi connectivity index (χ1) is 15.5. The van der Waals surface area contributed by atoms with E-state index in [0.29, 0.717) is 44.4 Å². The number of aromatic nitrogens is 2. The first kappa shape index (κ1) is 22.7. The van der Waals surface area contributed by atoms with Crippen molar-refractivity contribution in [2.24, 2.45) is 5.73 Å². The van der Waals surface area contributed by atoms with E-state index >= 15 is 0 Å². The molecule has 0 amide bonds. The van der Waals surface area contributed by atoms with Crippen LogP contribution < -0.4 is 25.3 Å². The van der Waals surface area contributed by atoms with Gasteiger partial charge >= 0.3 is 0 Å². The molecule has 170 valence electrons. The molecule has 2 aromatic carbocycles. The van der Waals surface area contributed by atoms with Crippen molar-refractivity contribution in [1.82, 2.24) is 9.97 Å². The van der Waals surface area contributed by atoms with Crippen LogP contribution in [-0.2, 0) is 0 Å². The van der Waals surface area contributed by atoms with E-state index < -0.39 is 0 Å². The second-order valence-electron chi connectivity index (χ2n) is 7.79. The molecular formula is C23H26Cl2N4O3. The standard InChI is InChI=1S/C23H26Cl2N4O3/c1-30-17-9-16-12(11-27-23(29-16)28-15-7-5-4-6-14(15)26)8-13(17)20-21(24)18(31-2)10-19(32-3)22(20)25/h8-11,14-15H,4-7,26H2,1-3H3,(H,27,28,29). The molecule has 2 atom stereocenters. The van der Waals surface area contributed by atoms with Crippen molar-refractivity contribution in [3.05, 3.63) is 34.4 Å². The molecule has 1 fully saturated rings. The molecule has 0 aliphatic heterocycles. The highest BCUT2D eigenvalue weighted by Crippen LogP contribution is 2.49. The van der Waals surface area contributed by atoms with Crippen LogP contribution in [-0.4, -0.2) is 43.4 Å². The lowest BCUT2D eigenvalue weighted by atomic mass is 9.91. The quantitative estimate of drug-likeness (QED) is 0.497. The normalized spacial score (nSPS) is 18.4. The van der Waals surface area contributed by atoms with Crippen LogP contribution in [0.15, 0.2) is 24.4 Å². The van der Waals surface area contributed by atoms with Gasteiger partial charge < -0.3 is 25.3 Å². The van der Waals surface area contributed by atoms with Gasteiger partial charge in [0, 0.05) is 46.9 Å². The largest absolute Gasteiger partial charge is 0.496 e. The number of hydrogen-bond donors (Lipinski definition) is 2. The van der Waals surface area contributed by atoms with Crippen LogP contribution in [0.5, 0.6) is 17.2 Å². The Labute approximate surface area is 197 Å². The zero-order valence-corrected chi connectivity index (χ0v) is 19.8. The second kappa shape index (κ2) is 9.57. The van der Waals surface area contributed by atoms with E-state index in [-0.39, 0.29) is 12.1 Å². The van der Waals surface area contributed by atoms with Gasteiger partial charge in [-0.3, -0.25) is 0 Å². The maximum atomic E-state index is 6.63. The van der Waals surface area contributed by atoms with Crippen molar-refractivity contribution in [2.45, 2.75) is 37.8 Å². The first-order valence-corrected chi connectivity index (χ1v) is 11.2. The number of rotatable bonds is 6. The fourth-order valence-corrected chi connectivity index (χ4v) is 4.82. The summed E-state index contributed by atoms with van der Waals surface area (Å²) in [5, 5.41) is 4.93. The number of halogens is 2. The average molecular weight is 477 g/mol. The molecule has 1 heterocycles. The molecule has 32 heavy (non-hydrogen) atoms. The lowest BCUT2D eigenvalue weighted by Gasteiger charge is -2.29. The fourth-order valence-electron chi connectivity index (χ4n) is 4.12. The Morgan fingerprint density at radius 1 is 0.938 bits per heavy atom. The van der Waals surface area contributed by atoms with Gasteiger partial charge in [-0.05, 0) is 18.9 Å². The highest BCUT2D eigenvalue weighted by atomic mass is 35.5. The van der Waals surface area contributed by atoms with E-state index in [4.69, 9.17) is 43.1 Å². The number of methoxy groups -OCH3 is 3. The van der Waals surface area contributed by atoms with Crippen LogP contribution in [0.4, 0.5) is 5.95 Å². The lowest BCUT2D eigenvalue weighted by Crippen LogP contribution is -2.42. The Morgan fingerprint density at radius 3 is 2.22 bits per heavy atom. The van der Waals surface area contributed by atoms with E-state index in [0.717, 1.165) is 36.6 Å². The molecule has 9 heteroatoms. The van der Waals surface area contributed by atoms with Gasteiger partial charge in [-0.2, -0.15) is 0 Å². The van der Waals surface area contributed by atoms with E-state index in [1.165, 1.54) is 14.2 Å². The second-order valence-corrected chi connectivity index (χ2v) is 8.54. The molecule has 1 saturated carbocycles. The molecule has 1 aliphatic rings. The van der Waals surface area contributed by atoms with Crippen molar-refractivity contribution < 1.29 is 14.2 Å². The highest BCUT2D eigenvalue weighted by Gasteiger charge is 2.24. The van der Waals surface area contributed by atoms with Crippen molar-refractivity contribution in [1.29, 1.82) is 0 Å². The van der Waals surface area contributed by atoms with Crippen molar-refractivity contribution in [3.8, 4) is 28.4 Å². The van der Waals surface area contributed by atoms with Crippen LogP contribution in [0.1, 0.15) is 25.7 Å². The fraction of sp³-hybridized carbons (Fsp3) is 0.391. The summed E-state index contributed by atoms with van der Waals surface area (Å²) in [5.74, 6) is 2.01. The molecule has 3 aromatic rings. The zero-order valence-electron chi connectivity index (χ0n) is 18.2. The maximum absolute atomic E-state index is 6.63. The first-order valence-electron chi connectivity index (χ1n) is 10.4. The summed E-state index contributed by atoms with van der Waals surface area (Å²) in [5.41, 5.74) is 8.23. The summed E-state index contributed by atoms with van der Waals surface area (Å²) >= 11 is 13.3. The van der Waals surface area contributed by atoms with Crippen LogP contribution in [0.2, 0.25) is 10.0 Å².